The molecule has 0 saturated heterocycles. The van der Waals surface area contributed by atoms with Gasteiger partial charge in [-0.05, 0) is 50.9 Å². The van der Waals surface area contributed by atoms with Gasteiger partial charge in [0.2, 0.25) is 0 Å². The van der Waals surface area contributed by atoms with Crippen LogP contribution >= 0.6 is 7.82 Å². The summed E-state index contributed by atoms with van der Waals surface area (Å²) in [6.45, 7) is 4.61. The molecule has 63 heavy (non-hydrogen) atoms. The SMILES string of the molecule is CCCCC/C=C\C=C/[C@H](O)C/C=C\C/C=C/CCCC(=O)O[C@H](COC(=O)CCCCCCCCCCCCCCCCCCCCC(C)CC)COP(=O)(O)OC[C@@H](O)CO. The van der Waals surface area contributed by atoms with Gasteiger partial charge >= 0.3 is 19.8 Å². The highest BCUT2D eigenvalue weighted by molar-refractivity contribution is 7.47. The first-order valence-corrected chi connectivity index (χ1v) is 26.6. The van der Waals surface area contributed by atoms with Crippen molar-refractivity contribution in [2.45, 2.75) is 232 Å². The third-order valence-electron chi connectivity index (χ3n) is 11.1. The molecule has 0 aromatic rings. The van der Waals surface area contributed by atoms with E-state index in [4.69, 9.17) is 19.1 Å². The van der Waals surface area contributed by atoms with E-state index >= 15 is 0 Å². The van der Waals surface area contributed by atoms with Gasteiger partial charge in [-0.15, -0.1) is 0 Å². The first-order valence-electron chi connectivity index (χ1n) is 25.1. The van der Waals surface area contributed by atoms with Gasteiger partial charge in [-0.2, -0.15) is 0 Å². The number of hydrogen-bond donors (Lipinski definition) is 4. The van der Waals surface area contributed by atoms with E-state index in [1.165, 1.54) is 122 Å². The van der Waals surface area contributed by atoms with Crippen LogP contribution in [0.2, 0.25) is 0 Å². The summed E-state index contributed by atoms with van der Waals surface area (Å²) in [7, 11) is -4.65. The first kappa shape index (κ1) is 60.9. The number of phosphoric ester groups is 1. The molecule has 0 aromatic heterocycles. The summed E-state index contributed by atoms with van der Waals surface area (Å²) >= 11 is 0. The van der Waals surface area contributed by atoms with Gasteiger partial charge in [0.1, 0.15) is 12.7 Å². The lowest BCUT2D eigenvalue weighted by Crippen LogP contribution is -2.29. The van der Waals surface area contributed by atoms with Crippen LogP contribution in [0, 0.1) is 5.92 Å². The molecule has 0 rings (SSSR count). The van der Waals surface area contributed by atoms with Crippen molar-refractivity contribution in [3.8, 4) is 0 Å². The molecule has 11 nitrogen and oxygen atoms in total. The standard InChI is InChI=1S/C51H93O11P/c1-4-6-7-8-22-28-33-38-47(53)39-34-29-24-21-26-31-36-41-51(56)62-49(45-61-63(57,58)60-43-48(54)42-52)44-59-50(55)40-35-30-25-20-18-16-14-12-10-9-11-13-15-17-19-23-27-32-37-46(3)5-2/h21-22,26,28-29,33-34,38,46-49,52-54H,4-20,23-25,27,30-32,35-37,39-45H2,1-3H3,(H,57,58)/b26-21+,28-22-,34-29-,38-33-/t46?,47-,48-,49+/m0/s1. The van der Waals surface area contributed by atoms with Crippen molar-refractivity contribution in [3.63, 3.8) is 0 Å². The smallest absolute Gasteiger partial charge is 0.462 e. The van der Waals surface area contributed by atoms with E-state index in [0.717, 1.165) is 31.6 Å². The fourth-order valence-electron chi connectivity index (χ4n) is 6.81. The number of aliphatic hydroxyl groups excluding tert-OH is 3. The Morgan fingerprint density at radius 2 is 1.14 bits per heavy atom. The zero-order chi connectivity index (χ0) is 46.5. The number of unbranched alkanes of at least 4 members (excludes halogenated alkanes) is 21. The number of carbonyl (C=O) groups is 2. The third-order valence-corrected chi connectivity index (χ3v) is 12.1. The number of carbonyl (C=O) groups excluding carboxylic acids is 2. The van der Waals surface area contributed by atoms with Crippen LogP contribution in [0.15, 0.2) is 48.6 Å². The monoisotopic (exact) mass is 913 g/mol. The van der Waals surface area contributed by atoms with Crippen LogP contribution in [-0.2, 0) is 32.7 Å². The van der Waals surface area contributed by atoms with E-state index in [1.54, 1.807) is 6.08 Å². The molecule has 0 saturated carbocycles. The fraction of sp³-hybridized carbons (Fsp3) is 0.804. The second-order valence-electron chi connectivity index (χ2n) is 17.3. The maximum absolute atomic E-state index is 12.6. The predicted molar refractivity (Wildman–Crippen MR) is 257 cm³/mol. The summed E-state index contributed by atoms with van der Waals surface area (Å²) in [5, 5.41) is 28.5. The molecular formula is C51H93O11P. The number of phosphoric acid groups is 1. The van der Waals surface area contributed by atoms with Crippen LogP contribution in [0.4, 0.5) is 0 Å². The second-order valence-corrected chi connectivity index (χ2v) is 18.7. The lowest BCUT2D eigenvalue weighted by Gasteiger charge is -2.20. The van der Waals surface area contributed by atoms with Crippen molar-refractivity contribution in [2.75, 3.05) is 26.4 Å². The largest absolute Gasteiger partial charge is 0.472 e. The number of hydrogen-bond acceptors (Lipinski definition) is 10. The Morgan fingerprint density at radius 1 is 0.603 bits per heavy atom. The summed E-state index contributed by atoms with van der Waals surface area (Å²) < 4.78 is 32.7. The molecule has 368 valence electrons. The van der Waals surface area contributed by atoms with Gasteiger partial charge in [0.25, 0.3) is 0 Å². The molecule has 0 bridgehead atoms. The predicted octanol–water partition coefficient (Wildman–Crippen LogP) is 12.9. The molecule has 5 atom stereocenters. The minimum atomic E-state index is -4.65. The fourth-order valence-corrected chi connectivity index (χ4v) is 7.60. The van der Waals surface area contributed by atoms with Gasteiger partial charge in [0.15, 0.2) is 6.10 Å². The Hall–Kier alpha value is -2.11. The average Bonchev–Trinajstić information content (AvgIpc) is 3.27. The number of rotatable bonds is 46. The topological polar surface area (TPSA) is 169 Å². The zero-order valence-corrected chi connectivity index (χ0v) is 41.0. The van der Waals surface area contributed by atoms with Crippen LogP contribution in [0.25, 0.3) is 0 Å². The number of aliphatic hydroxyl groups is 3. The maximum Gasteiger partial charge on any atom is 0.472 e. The van der Waals surface area contributed by atoms with Crippen LogP contribution < -0.4 is 0 Å². The molecular weight excluding hydrogens is 820 g/mol. The van der Waals surface area contributed by atoms with Crippen molar-refractivity contribution in [1.82, 2.24) is 0 Å². The lowest BCUT2D eigenvalue weighted by atomic mass is 9.99. The average molecular weight is 913 g/mol. The Kier molecular flexibility index (Phi) is 43.6. The van der Waals surface area contributed by atoms with Gasteiger partial charge in [0.05, 0.1) is 25.9 Å². The molecule has 0 fully saturated rings. The van der Waals surface area contributed by atoms with Crippen LogP contribution in [-0.4, -0.2) is 76.9 Å². The highest BCUT2D eigenvalue weighted by Gasteiger charge is 2.27. The molecule has 0 aliphatic heterocycles. The quantitative estimate of drug-likeness (QED) is 0.0151. The summed E-state index contributed by atoms with van der Waals surface area (Å²) in [6.07, 6.45) is 45.3. The van der Waals surface area contributed by atoms with Crippen molar-refractivity contribution < 1.29 is 52.9 Å². The van der Waals surface area contributed by atoms with E-state index < -0.39 is 57.9 Å². The van der Waals surface area contributed by atoms with Gasteiger partial charge < -0.3 is 29.7 Å². The Bertz CT molecular complexity index is 1220. The van der Waals surface area contributed by atoms with Gasteiger partial charge in [0, 0.05) is 12.8 Å². The Labute approximate surface area is 384 Å². The molecule has 0 aliphatic rings. The molecule has 0 aliphatic carbocycles. The van der Waals surface area contributed by atoms with E-state index in [0.29, 0.717) is 32.1 Å². The first-order chi connectivity index (χ1) is 30.5. The molecule has 0 aromatic carbocycles. The third kappa shape index (κ3) is 44.9. The number of allylic oxidation sites excluding steroid dienone is 6. The van der Waals surface area contributed by atoms with E-state index in [2.05, 4.69) is 31.4 Å². The van der Waals surface area contributed by atoms with Crippen LogP contribution in [0.5, 0.6) is 0 Å². The molecule has 0 spiro atoms. The molecule has 0 heterocycles. The summed E-state index contributed by atoms with van der Waals surface area (Å²) in [4.78, 5) is 35.1. The summed E-state index contributed by atoms with van der Waals surface area (Å²) in [5.74, 6) is -0.136. The minimum absolute atomic E-state index is 0.0746. The van der Waals surface area contributed by atoms with Crippen molar-refractivity contribution >= 4 is 19.8 Å². The summed E-state index contributed by atoms with van der Waals surface area (Å²) in [6, 6.07) is 0. The Balaban J connectivity index is 4.29. The van der Waals surface area contributed by atoms with Crippen molar-refractivity contribution in [2.24, 2.45) is 5.92 Å². The molecule has 0 radical (unpaired) electrons. The second kappa shape index (κ2) is 45.1. The van der Waals surface area contributed by atoms with Gasteiger partial charge in [-0.25, -0.2) is 4.57 Å². The summed E-state index contributed by atoms with van der Waals surface area (Å²) in [5.41, 5.74) is 0. The van der Waals surface area contributed by atoms with Crippen molar-refractivity contribution in [1.29, 1.82) is 0 Å². The van der Waals surface area contributed by atoms with Crippen LogP contribution in [0.3, 0.4) is 0 Å². The number of esters is 2. The van der Waals surface area contributed by atoms with Crippen LogP contribution in [0.1, 0.15) is 213 Å². The Morgan fingerprint density at radius 3 is 1.73 bits per heavy atom. The maximum atomic E-state index is 12.6. The lowest BCUT2D eigenvalue weighted by molar-refractivity contribution is -0.161. The molecule has 12 heteroatoms. The highest BCUT2D eigenvalue weighted by Crippen LogP contribution is 2.43. The molecule has 4 N–H and O–H groups in total. The van der Waals surface area contributed by atoms with E-state index in [-0.39, 0.29) is 19.4 Å². The molecule has 2 unspecified atom stereocenters. The van der Waals surface area contributed by atoms with Crippen molar-refractivity contribution in [3.05, 3.63) is 48.6 Å². The zero-order valence-electron chi connectivity index (χ0n) is 40.1. The molecule has 0 amide bonds. The normalized spacial score (nSPS) is 15.1. The van der Waals surface area contributed by atoms with Gasteiger partial charge in [-0.1, -0.05) is 204 Å². The minimum Gasteiger partial charge on any atom is -0.462 e. The van der Waals surface area contributed by atoms with E-state index in [1.807, 2.05) is 36.5 Å². The van der Waals surface area contributed by atoms with Gasteiger partial charge in [-0.3, -0.25) is 18.6 Å². The number of ether oxygens (including phenoxy) is 2. The van der Waals surface area contributed by atoms with E-state index in [9.17, 15) is 29.3 Å². The highest BCUT2D eigenvalue weighted by atomic mass is 31.2.